The van der Waals surface area contributed by atoms with E-state index < -0.39 is 90.9 Å². The summed E-state index contributed by atoms with van der Waals surface area (Å²) in [5, 5.41) is 53.1. The molecular formula is C74H88F4O13S2+2. The molecule has 15 rings (SSSR count). The van der Waals surface area contributed by atoms with E-state index in [1.54, 1.807) is 0 Å². The summed E-state index contributed by atoms with van der Waals surface area (Å²) in [6.45, 7) is -1.92. The van der Waals surface area contributed by atoms with Gasteiger partial charge in [0.15, 0.2) is 48.4 Å². The maximum Gasteiger partial charge on any atom is 0.312 e. The molecule has 93 heavy (non-hydrogen) atoms. The number of ketones is 1. The smallest absolute Gasteiger partial charge is 0.312 e. The average molecular weight is 1330 g/mol. The maximum atomic E-state index is 13.1. The monoisotopic (exact) mass is 1320 g/mol. The van der Waals surface area contributed by atoms with E-state index in [1.165, 1.54) is 29.4 Å². The van der Waals surface area contributed by atoms with Crippen molar-refractivity contribution in [3.05, 3.63) is 182 Å². The van der Waals surface area contributed by atoms with Crippen molar-refractivity contribution in [3.8, 4) is 0 Å². The number of esters is 2. The molecule has 1 saturated heterocycles. The maximum absolute atomic E-state index is 13.1. The van der Waals surface area contributed by atoms with E-state index in [-0.39, 0.29) is 77.7 Å². The molecule has 19 heteroatoms. The Balaban J connectivity index is 0.000000142. The highest BCUT2D eigenvalue weighted by Gasteiger charge is 2.68. The predicted molar refractivity (Wildman–Crippen MR) is 345 cm³/mol. The molecule has 0 radical (unpaired) electrons. The number of aliphatic hydroxyl groups excluding tert-OH is 6. The zero-order valence-corrected chi connectivity index (χ0v) is 54.4. The number of halogens is 4. The second-order valence-corrected chi connectivity index (χ2v) is 30.7. The lowest BCUT2D eigenvalue weighted by Gasteiger charge is -2.64. The minimum Gasteiger partial charge on any atom is -0.459 e. The number of ether oxygens (including phenoxy) is 4. The summed E-state index contributed by atoms with van der Waals surface area (Å²) in [5.74, 6) is -6.94. The number of carbonyl (C=O) groups is 3. The summed E-state index contributed by atoms with van der Waals surface area (Å²) < 4.78 is 74.0. The van der Waals surface area contributed by atoms with E-state index in [2.05, 4.69) is 182 Å². The molecule has 8 aliphatic carbocycles. The fourth-order valence-electron chi connectivity index (χ4n) is 14.6. The molecular weight excluding hydrogens is 1240 g/mol. The number of aliphatic hydroxyl groups is 6. The van der Waals surface area contributed by atoms with Crippen LogP contribution in [0.1, 0.15) is 78.1 Å². The Morgan fingerprint density at radius 1 is 0.452 bits per heavy atom. The topological polar surface area (TPSA) is 210 Å². The average Bonchev–Trinajstić information content (AvgIpc) is 0.705. The van der Waals surface area contributed by atoms with Gasteiger partial charge in [0.25, 0.3) is 11.8 Å². The molecule has 0 amide bonds. The fourth-order valence-corrected chi connectivity index (χ4v) is 18.8. The van der Waals surface area contributed by atoms with Gasteiger partial charge in [0.05, 0.1) is 96.3 Å². The lowest BCUT2D eigenvalue weighted by molar-refractivity contribution is -0.391. The summed E-state index contributed by atoms with van der Waals surface area (Å²) in [7, 11) is -0.0293. The van der Waals surface area contributed by atoms with Gasteiger partial charge in [-0.15, -0.1) is 0 Å². The third-order valence-electron chi connectivity index (χ3n) is 19.2. The first-order chi connectivity index (χ1) is 44.6. The van der Waals surface area contributed by atoms with E-state index in [0.29, 0.717) is 50.4 Å². The van der Waals surface area contributed by atoms with Gasteiger partial charge in [-0.3, -0.25) is 14.4 Å². The number of Topliss-reactive ketones (excluding diaryl/α,β-unsaturated/α-hetero) is 1. The lowest BCUT2D eigenvalue weighted by atomic mass is 9.47. The van der Waals surface area contributed by atoms with Gasteiger partial charge in [0.2, 0.25) is 0 Å². The fraction of sp³-hybridized carbons (Fsp3) is 0.473. The van der Waals surface area contributed by atoms with Gasteiger partial charge in [0.1, 0.15) is 5.78 Å². The minimum atomic E-state index is -3.04. The van der Waals surface area contributed by atoms with Gasteiger partial charge in [-0.1, -0.05) is 109 Å². The largest absolute Gasteiger partial charge is 0.459 e. The van der Waals surface area contributed by atoms with Crippen molar-refractivity contribution in [2.75, 3.05) is 66.1 Å². The van der Waals surface area contributed by atoms with Crippen LogP contribution in [0.15, 0.2) is 211 Å². The Bertz CT molecular complexity index is 2930. The Hall–Kier alpha value is -5.97. The van der Waals surface area contributed by atoms with E-state index in [1.807, 2.05) is 0 Å². The normalized spacial score (nSPS) is 25.1. The quantitative estimate of drug-likeness (QED) is 0.0269. The first-order valence-corrected chi connectivity index (χ1v) is 34.4. The molecule has 6 N–H and O–H groups in total. The van der Waals surface area contributed by atoms with Crippen molar-refractivity contribution in [2.24, 2.45) is 57.2 Å². The van der Waals surface area contributed by atoms with Crippen molar-refractivity contribution >= 4 is 39.5 Å². The number of alkyl halides is 4. The number of hydrogen-bond donors (Lipinski definition) is 6. The molecule has 4 unspecified atom stereocenters. The van der Waals surface area contributed by atoms with Gasteiger partial charge in [-0.05, 0) is 149 Å². The van der Waals surface area contributed by atoms with Crippen molar-refractivity contribution in [2.45, 2.75) is 125 Å². The summed E-state index contributed by atoms with van der Waals surface area (Å²) in [4.78, 5) is 45.0. The van der Waals surface area contributed by atoms with Crippen LogP contribution in [0.3, 0.4) is 0 Å². The molecule has 8 bridgehead atoms. The van der Waals surface area contributed by atoms with Crippen LogP contribution in [0.2, 0.25) is 0 Å². The molecule has 9 aliphatic rings. The van der Waals surface area contributed by atoms with Crippen molar-refractivity contribution in [1.82, 2.24) is 0 Å². The number of hydrogen-bond acceptors (Lipinski definition) is 13. The van der Waals surface area contributed by atoms with Crippen LogP contribution in [0.4, 0.5) is 17.6 Å². The Kier molecular flexibility index (Phi) is 24.0. The zero-order chi connectivity index (χ0) is 66.5. The van der Waals surface area contributed by atoms with Crippen LogP contribution in [0, 0.1) is 57.2 Å². The third kappa shape index (κ3) is 17.2. The van der Waals surface area contributed by atoms with E-state index in [0.717, 1.165) is 39.5 Å². The third-order valence-corrected chi connectivity index (χ3v) is 23.7. The van der Waals surface area contributed by atoms with E-state index >= 15 is 0 Å². The first-order valence-electron chi connectivity index (χ1n) is 32.0. The Morgan fingerprint density at radius 3 is 0.989 bits per heavy atom. The Labute approximate surface area is 548 Å². The molecule has 9 fully saturated rings. The molecule has 500 valence electrons. The molecule has 1 heterocycles. The van der Waals surface area contributed by atoms with Gasteiger partial charge in [-0.25, -0.2) is 17.6 Å². The van der Waals surface area contributed by atoms with Crippen LogP contribution < -0.4 is 0 Å². The predicted octanol–water partition coefficient (Wildman–Crippen LogP) is 11.8. The molecule has 1 aliphatic heterocycles. The molecule has 8 saturated carbocycles. The van der Waals surface area contributed by atoms with Gasteiger partial charge in [-0.2, -0.15) is 0 Å². The van der Waals surface area contributed by atoms with Crippen molar-refractivity contribution in [1.29, 1.82) is 0 Å². The summed E-state index contributed by atoms with van der Waals surface area (Å²) in [6.07, 6.45) is 6.92. The zero-order valence-electron chi connectivity index (χ0n) is 52.8. The summed E-state index contributed by atoms with van der Waals surface area (Å²) in [5.41, 5.74) is -3.29. The second kappa shape index (κ2) is 31.3. The van der Waals surface area contributed by atoms with Gasteiger partial charge in [0, 0.05) is 37.5 Å². The van der Waals surface area contributed by atoms with Crippen molar-refractivity contribution in [3.63, 3.8) is 0 Å². The number of rotatable bonds is 18. The van der Waals surface area contributed by atoms with Gasteiger partial charge >= 0.3 is 11.9 Å². The summed E-state index contributed by atoms with van der Waals surface area (Å²) in [6, 6.07) is 64.3. The Morgan fingerprint density at radius 2 is 0.731 bits per heavy atom. The van der Waals surface area contributed by atoms with E-state index in [4.69, 9.17) is 39.4 Å². The van der Waals surface area contributed by atoms with Crippen LogP contribution >= 0.6 is 0 Å². The van der Waals surface area contributed by atoms with Gasteiger partial charge < -0.3 is 49.6 Å². The second-order valence-electron chi connectivity index (χ2n) is 26.7. The molecule has 4 atom stereocenters. The highest BCUT2D eigenvalue weighted by Crippen LogP contribution is 2.66. The molecule has 6 aromatic rings. The highest BCUT2D eigenvalue weighted by atomic mass is 32.2. The molecule has 0 aromatic heterocycles. The summed E-state index contributed by atoms with van der Waals surface area (Å²) >= 11 is 0. The van der Waals surface area contributed by atoms with E-state index in [9.17, 15) is 42.2 Å². The number of benzene rings is 6. The molecule has 1 spiro atoms. The lowest BCUT2D eigenvalue weighted by Crippen LogP contribution is -2.68. The van der Waals surface area contributed by atoms with Crippen LogP contribution in [-0.2, 0) is 55.1 Å². The molecule has 6 aromatic carbocycles. The van der Waals surface area contributed by atoms with Crippen molar-refractivity contribution < 1.29 is 81.5 Å². The van der Waals surface area contributed by atoms with Crippen LogP contribution in [-0.4, -0.2) is 132 Å². The number of carbonyl (C=O) groups excluding carboxylic acids is 3. The highest BCUT2D eigenvalue weighted by molar-refractivity contribution is 7.97. The minimum absolute atomic E-state index is 0.00572. The van der Waals surface area contributed by atoms with Crippen LogP contribution in [0.5, 0.6) is 0 Å². The SMILES string of the molecule is CC(F)(F)COC(=O)C12CC3CC(C1)C(=O)C(C3)C2.CC(F)(F)COC(=O)C12CC3CC(C1)C1(OCC(CO)(CO)CO1)C(C3)C2.OCC(CO)(CO)CO.c1ccc([S+](c2ccccc2)c2ccccc2)cc1.c1ccc([S+](c2ccccc2)c2ccccc2)cc1. The van der Waals surface area contributed by atoms with Crippen LogP contribution in [0.25, 0.3) is 0 Å². The molecule has 13 nitrogen and oxygen atoms in total. The first kappa shape index (κ1) is 71.3. The standard InChI is InChI=1S/C19H28F2O6.2C18H15S.C14H18F2O3.C5H12O4/c1-16(20,21)9-25-15(24)18-4-12-2-13(5-18)19(14(3-12)6-18)26-10-17(7-22,8-23)11-27-19;2*1-4-10-16(11-5-1)19(17-12-6-2-7-13-17)18-14-8-3-9-15-18;1-13(15,16)7-19-12(18)14-4-8-2-9(5-14)11(17)10(3-8)6-14;6-1-5(2-7,3-8)4-9/h12-14,22-23H,2-11H2,1H3;2*1-15H;8-10H,2-7H2,1H3;6-9H,1-4H2/q;2*+1;;.